The number of benzene rings is 3. The predicted octanol–water partition coefficient (Wildman–Crippen LogP) is 8.21. The van der Waals surface area contributed by atoms with E-state index in [1.807, 2.05) is 11.6 Å². The number of aryl methyl sites for hydroxylation is 3. The fourth-order valence-electron chi connectivity index (χ4n) is 4.71. The topological polar surface area (TPSA) is 3.88 Å². The van der Waals surface area contributed by atoms with Crippen LogP contribution < -0.4 is 4.57 Å². The minimum atomic E-state index is -2.22. The van der Waals surface area contributed by atoms with Gasteiger partial charge in [0.05, 0.1) is 0 Å². The monoisotopic (exact) mass is 439 g/mol. The second-order valence-corrected chi connectivity index (χ2v) is 11.3. The van der Waals surface area contributed by atoms with Crippen LogP contribution in [0.5, 0.6) is 0 Å². The second-order valence-electron chi connectivity index (χ2n) is 11.3. The fraction of sp³-hybridized carbons (Fsp3) is 0.344. The molecule has 1 aromatic heterocycles. The summed E-state index contributed by atoms with van der Waals surface area (Å²) in [7, 11) is 1.95. The Morgan fingerprint density at radius 3 is 1.97 bits per heavy atom. The average Bonchev–Trinajstić information content (AvgIpc) is 2.78. The lowest BCUT2D eigenvalue weighted by atomic mass is 9.80. The Morgan fingerprint density at radius 1 is 0.758 bits per heavy atom. The van der Waals surface area contributed by atoms with Gasteiger partial charge in [-0.15, -0.1) is 0 Å². The molecule has 0 aliphatic heterocycles. The molecular formula is C32H38N+. The van der Waals surface area contributed by atoms with E-state index < -0.39 is 6.85 Å². The molecule has 0 N–H and O–H groups in total. The minimum absolute atomic E-state index is 0.0330. The van der Waals surface area contributed by atoms with Crippen LogP contribution in [0.4, 0.5) is 0 Å². The van der Waals surface area contributed by atoms with Gasteiger partial charge in [0.25, 0.3) is 0 Å². The third kappa shape index (κ3) is 4.34. The molecule has 0 bridgehead atoms. The van der Waals surface area contributed by atoms with Crippen LogP contribution in [0.1, 0.15) is 67.9 Å². The van der Waals surface area contributed by atoms with E-state index in [9.17, 15) is 0 Å². The van der Waals surface area contributed by atoms with Crippen molar-refractivity contribution in [3.05, 3.63) is 89.1 Å². The molecule has 1 heterocycles. The highest BCUT2D eigenvalue weighted by Crippen LogP contribution is 2.38. The van der Waals surface area contributed by atoms with Gasteiger partial charge in [-0.2, -0.15) is 0 Å². The first kappa shape index (κ1) is 19.5. The average molecular weight is 440 g/mol. The van der Waals surface area contributed by atoms with Gasteiger partial charge < -0.3 is 0 Å². The Morgan fingerprint density at radius 2 is 1.39 bits per heavy atom. The van der Waals surface area contributed by atoms with Gasteiger partial charge in [-0.1, -0.05) is 90.1 Å². The summed E-state index contributed by atoms with van der Waals surface area (Å²) in [5, 5.41) is 2.50. The van der Waals surface area contributed by atoms with Crippen LogP contribution in [0, 0.1) is 13.8 Å². The molecule has 0 spiro atoms. The maximum atomic E-state index is 8.26. The molecular weight excluding hydrogens is 398 g/mol. The van der Waals surface area contributed by atoms with Crippen LogP contribution >= 0.6 is 0 Å². The van der Waals surface area contributed by atoms with E-state index in [2.05, 4.69) is 109 Å². The van der Waals surface area contributed by atoms with Crippen LogP contribution in [0.25, 0.3) is 33.2 Å². The zero-order valence-corrected chi connectivity index (χ0v) is 21.3. The normalized spacial score (nSPS) is 14.1. The van der Waals surface area contributed by atoms with Gasteiger partial charge in [-0.3, -0.25) is 0 Å². The van der Waals surface area contributed by atoms with Crippen molar-refractivity contribution >= 4 is 10.8 Å². The van der Waals surface area contributed by atoms with Crippen LogP contribution in [0.2, 0.25) is 0 Å². The van der Waals surface area contributed by atoms with E-state index in [1.165, 1.54) is 27.5 Å². The first-order valence-corrected chi connectivity index (χ1v) is 11.8. The highest BCUT2D eigenvalue weighted by molar-refractivity contribution is 5.94. The van der Waals surface area contributed by atoms with Crippen LogP contribution in [-0.2, 0) is 17.9 Å². The van der Waals surface area contributed by atoms with E-state index in [-0.39, 0.29) is 10.8 Å². The van der Waals surface area contributed by atoms with Gasteiger partial charge in [0, 0.05) is 21.3 Å². The lowest BCUT2D eigenvalue weighted by Gasteiger charge is -2.24. The molecule has 4 aromatic rings. The third-order valence-corrected chi connectivity index (χ3v) is 6.73. The standard InChI is InChI=1S/C32H38N/c1-21-20-33(9)30(19-27(21)23-14-16-24(17-15-23)31(3,4)5)28-18-29(32(6,7)8)26-13-11-10-12-25(26)22(28)2/h10-20H,1-9H3/q+1/i1D3. The molecule has 170 valence electrons. The lowest BCUT2D eigenvalue weighted by Crippen LogP contribution is -2.31. The third-order valence-electron chi connectivity index (χ3n) is 6.73. The van der Waals surface area contributed by atoms with Gasteiger partial charge in [0.15, 0.2) is 6.20 Å². The Labute approximate surface area is 204 Å². The molecule has 0 fully saturated rings. The van der Waals surface area contributed by atoms with Gasteiger partial charge in [-0.05, 0) is 69.3 Å². The smallest absolute Gasteiger partial charge is 0.201 e. The summed E-state index contributed by atoms with van der Waals surface area (Å²) in [5.41, 5.74) is 7.89. The SMILES string of the molecule is [2H]C([2H])([2H])c1c[n+](C)c(-c2cc(C(C)(C)C)c3ccccc3c2C)cc1-c1ccc(C(C)(C)C)cc1. The summed E-state index contributed by atoms with van der Waals surface area (Å²) >= 11 is 0. The predicted molar refractivity (Wildman–Crippen MR) is 143 cm³/mol. The van der Waals surface area contributed by atoms with E-state index in [1.54, 1.807) is 6.20 Å². The van der Waals surface area contributed by atoms with Crippen molar-refractivity contribution in [3.8, 4) is 22.4 Å². The molecule has 0 saturated carbocycles. The Balaban J connectivity index is 2.03. The summed E-state index contributed by atoms with van der Waals surface area (Å²) in [6, 6.07) is 21.3. The quantitative estimate of drug-likeness (QED) is 0.277. The molecule has 0 saturated heterocycles. The van der Waals surface area contributed by atoms with Crippen LogP contribution in [-0.4, -0.2) is 0 Å². The van der Waals surface area contributed by atoms with Crippen molar-refractivity contribution < 1.29 is 8.68 Å². The van der Waals surface area contributed by atoms with Crippen molar-refractivity contribution in [2.75, 3.05) is 0 Å². The Bertz CT molecular complexity index is 1430. The molecule has 33 heavy (non-hydrogen) atoms. The van der Waals surface area contributed by atoms with Gasteiger partial charge in [0.1, 0.15) is 7.05 Å². The summed E-state index contributed by atoms with van der Waals surface area (Å²) < 4.78 is 26.8. The van der Waals surface area contributed by atoms with Crippen molar-refractivity contribution in [3.63, 3.8) is 0 Å². The fourth-order valence-corrected chi connectivity index (χ4v) is 4.71. The molecule has 0 radical (unpaired) electrons. The highest BCUT2D eigenvalue weighted by Gasteiger charge is 2.24. The van der Waals surface area contributed by atoms with E-state index in [0.29, 0.717) is 5.56 Å². The van der Waals surface area contributed by atoms with Crippen molar-refractivity contribution in [2.45, 2.75) is 66.1 Å². The van der Waals surface area contributed by atoms with Gasteiger partial charge in [0.2, 0.25) is 5.69 Å². The second kappa shape index (κ2) is 8.13. The lowest BCUT2D eigenvalue weighted by molar-refractivity contribution is -0.660. The maximum absolute atomic E-state index is 8.26. The largest absolute Gasteiger partial charge is 0.213 e. The maximum Gasteiger partial charge on any atom is 0.213 e. The zero-order valence-electron chi connectivity index (χ0n) is 24.3. The van der Waals surface area contributed by atoms with E-state index in [0.717, 1.165) is 22.4 Å². The Kier molecular flexibility index (Phi) is 4.81. The van der Waals surface area contributed by atoms with Crippen molar-refractivity contribution in [1.29, 1.82) is 0 Å². The highest BCUT2D eigenvalue weighted by atomic mass is 14.9. The number of hydrogen-bond donors (Lipinski definition) is 0. The number of fused-ring (bicyclic) bond motifs is 1. The molecule has 0 unspecified atom stereocenters. The van der Waals surface area contributed by atoms with E-state index in [4.69, 9.17) is 4.11 Å². The van der Waals surface area contributed by atoms with E-state index >= 15 is 0 Å². The molecule has 0 atom stereocenters. The van der Waals surface area contributed by atoms with Crippen LogP contribution in [0.15, 0.2) is 66.9 Å². The summed E-state index contributed by atoms with van der Waals surface area (Å²) in [6.07, 6.45) is 1.79. The van der Waals surface area contributed by atoms with Crippen molar-refractivity contribution in [1.82, 2.24) is 0 Å². The first-order chi connectivity index (χ1) is 16.6. The van der Waals surface area contributed by atoms with Crippen molar-refractivity contribution in [2.24, 2.45) is 7.05 Å². The molecule has 1 nitrogen and oxygen atoms in total. The molecule has 0 aliphatic carbocycles. The van der Waals surface area contributed by atoms with Gasteiger partial charge >= 0.3 is 0 Å². The number of aromatic nitrogens is 1. The number of hydrogen-bond acceptors (Lipinski definition) is 0. The summed E-state index contributed by atoms with van der Waals surface area (Å²) in [6.45, 7) is 13.2. The van der Waals surface area contributed by atoms with Crippen LogP contribution in [0.3, 0.4) is 0 Å². The minimum Gasteiger partial charge on any atom is -0.201 e. The molecule has 1 heteroatoms. The molecule has 4 rings (SSSR count). The molecule has 0 aliphatic rings. The summed E-state index contributed by atoms with van der Waals surface area (Å²) in [4.78, 5) is 0. The zero-order chi connectivity index (χ0) is 26.6. The van der Waals surface area contributed by atoms with Gasteiger partial charge in [-0.25, -0.2) is 4.57 Å². The number of nitrogens with zero attached hydrogens (tertiary/aromatic N) is 1. The Hall–Kier alpha value is -2.93. The molecule has 0 amide bonds. The number of rotatable bonds is 2. The summed E-state index contributed by atoms with van der Waals surface area (Å²) in [5.74, 6) is 0. The first-order valence-electron chi connectivity index (χ1n) is 13.3. The molecule has 3 aromatic carbocycles. The number of pyridine rings is 1.